The van der Waals surface area contributed by atoms with Gasteiger partial charge in [-0.3, -0.25) is 4.68 Å². The Labute approximate surface area is 168 Å². The third kappa shape index (κ3) is 4.35. The Morgan fingerprint density at radius 2 is 2.32 bits per heavy atom. The molecule has 28 heavy (non-hydrogen) atoms. The van der Waals surface area contributed by atoms with Crippen LogP contribution in [0.2, 0.25) is 0 Å². The molecule has 142 valence electrons. The summed E-state index contributed by atoms with van der Waals surface area (Å²) in [4.78, 5) is 9.36. The monoisotopic (exact) mass is 390 g/mol. The van der Waals surface area contributed by atoms with Crippen LogP contribution in [0.25, 0.3) is 21.5 Å². The van der Waals surface area contributed by atoms with E-state index < -0.39 is 0 Å². The summed E-state index contributed by atoms with van der Waals surface area (Å²) in [6.45, 7) is 8.38. The molecule has 1 atom stereocenters. The molecule has 3 aromatic rings. The fraction of sp³-hybridized carbons (Fsp3) is 0.238. The molecule has 0 fully saturated rings. The quantitative estimate of drug-likeness (QED) is 0.539. The van der Waals surface area contributed by atoms with Gasteiger partial charge >= 0.3 is 0 Å². The number of nitrogens with one attached hydrogen (secondary N) is 1. The number of allylic oxidation sites excluding steroid dienone is 3. The van der Waals surface area contributed by atoms with Gasteiger partial charge in [0.1, 0.15) is 0 Å². The van der Waals surface area contributed by atoms with E-state index in [0.717, 1.165) is 27.0 Å². The summed E-state index contributed by atoms with van der Waals surface area (Å²) in [7, 11) is 0. The van der Waals surface area contributed by atoms with Gasteiger partial charge in [-0.1, -0.05) is 30.9 Å². The lowest BCUT2D eigenvalue weighted by Crippen LogP contribution is -2.07. The van der Waals surface area contributed by atoms with E-state index in [9.17, 15) is 0 Å². The minimum Gasteiger partial charge on any atom is -0.350 e. The second kappa shape index (κ2) is 9.11. The van der Waals surface area contributed by atoms with Crippen LogP contribution in [0.3, 0.4) is 0 Å². The standard InChI is InChI=1S/C21H22N6S/c1-4-6-7-16(5-2)12-23-21-25-18-9-11-28-20(18)19(26-21)17-13-24-27(14-17)15(3)8-10-22/h4-7,9,11,13-15H,2,8,12H2,1,3H3,(H,23,25,26)/b6-4-,16-7+. The topological polar surface area (TPSA) is 79.4 Å². The molecular weight excluding hydrogens is 368 g/mol. The second-order valence-electron chi connectivity index (χ2n) is 6.28. The first kappa shape index (κ1) is 19.5. The maximum atomic E-state index is 8.92. The van der Waals surface area contributed by atoms with E-state index in [1.165, 1.54) is 0 Å². The van der Waals surface area contributed by atoms with Crippen molar-refractivity contribution in [2.24, 2.45) is 0 Å². The summed E-state index contributed by atoms with van der Waals surface area (Å²) in [5, 5.41) is 18.6. The van der Waals surface area contributed by atoms with Crippen LogP contribution < -0.4 is 5.32 Å². The molecule has 0 aliphatic carbocycles. The largest absolute Gasteiger partial charge is 0.350 e. The first-order valence-electron chi connectivity index (χ1n) is 9.01. The third-order valence-electron chi connectivity index (χ3n) is 4.23. The molecule has 0 aliphatic heterocycles. The minimum atomic E-state index is 0.0175. The molecule has 0 amide bonds. The lowest BCUT2D eigenvalue weighted by molar-refractivity contribution is 0.500. The molecule has 3 aromatic heterocycles. The zero-order chi connectivity index (χ0) is 19.9. The van der Waals surface area contributed by atoms with Crippen LogP contribution in [0.5, 0.6) is 0 Å². The summed E-state index contributed by atoms with van der Waals surface area (Å²) >= 11 is 1.61. The molecule has 0 aliphatic rings. The summed E-state index contributed by atoms with van der Waals surface area (Å²) < 4.78 is 2.83. The molecule has 3 heterocycles. The maximum Gasteiger partial charge on any atom is 0.224 e. The smallest absolute Gasteiger partial charge is 0.224 e. The van der Waals surface area contributed by atoms with E-state index >= 15 is 0 Å². The van der Waals surface area contributed by atoms with Crippen molar-refractivity contribution in [2.75, 3.05) is 11.9 Å². The van der Waals surface area contributed by atoms with Crippen molar-refractivity contribution in [3.63, 3.8) is 0 Å². The van der Waals surface area contributed by atoms with Crippen molar-refractivity contribution in [1.29, 1.82) is 5.26 Å². The average Bonchev–Trinajstić information content (AvgIpc) is 3.37. The fourth-order valence-corrected chi connectivity index (χ4v) is 3.51. The van der Waals surface area contributed by atoms with E-state index in [2.05, 4.69) is 28.0 Å². The van der Waals surface area contributed by atoms with Crippen molar-refractivity contribution in [2.45, 2.75) is 26.3 Å². The molecule has 6 nitrogen and oxygen atoms in total. The van der Waals surface area contributed by atoms with E-state index in [0.29, 0.717) is 18.9 Å². The molecule has 0 radical (unpaired) electrons. The summed E-state index contributed by atoms with van der Waals surface area (Å²) in [6, 6.07) is 4.19. The zero-order valence-corrected chi connectivity index (χ0v) is 16.8. The summed E-state index contributed by atoms with van der Waals surface area (Å²) in [6.07, 6.45) is 11.9. The average molecular weight is 391 g/mol. The Kier molecular flexibility index (Phi) is 6.35. The molecule has 7 heteroatoms. The van der Waals surface area contributed by atoms with Gasteiger partial charge in [-0.05, 0) is 30.9 Å². The normalized spacial score (nSPS) is 13.0. The van der Waals surface area contributed by atoms with Gasteiger partial charge in [0.25, 0.3) is 0 Å². The first-order chi connectivity index (χ1) is 13.7. The molecule has 0 aromatic carbocycles. The van der Waals surface area contributed by atoms with Gasteiger partial charge in [-0.25, -0.2) is 9.97 Å². The summed E-state index contributed by atoms with van der Waals surface area (Å²) in [5.41, 5.74) is 3.70. The molecule has 1 N–H and O–H groups in total. The number of hydrogen-bond donors (Lipinski definition) is 1. The zero-order valence-electron chi connectivity index (χ0n) is 16.0. The van der Waals surface area contributed by atoms with Gasteiger partial charge < -0.3 is 5.32 Å². The Bertz CT molecular complexity index is 1070. The van der Waals surface area contributed by atoms with Gasteiger partial charge in [0.05, 0.1) is 40.6 Å². The second-order valence-corrected chi connectivity index (χ2v) is 7.19. The molecule has 0 saturated carbocycles. The number of nitriles is 1. The molecule has 0 bridgehead atoms. The molecule has 0 spiro atoms. The van der Waals surface area contributed by atoms with Crippen molar-refractivity contribution in [1.82, 2.24) is 19.7 Å². The SMILES string of the molecule is C=C/C(=C\C=C/C)CNc1nc(-c2cnn(C(C)CC#N)c2)c2sccc2n1. The van der Waals surface area contributed by atoms with E-state index in [1.54, 1.807) is 17.5 Å². The highest BCUT2D eigenvalue weighted by Gasteiger charge is 2.14. The molecule has 0 saturated heterocycles. The van der Waals surface area contributed by atoms with Crippen molar-refractivity contribution in [3.8, 4) is 17.3 Å². The van der Waals surface area contributed by atoms with E-state index in [1.807, 2.05) is 60.5 Å². The van der Waals surface area contributed by atoms with Crippen LogP contribution in [0.1, 0.15) is 26.3 Å². The highest BCUT2D eigenvalue weighted by Crippen LogP contribution is 2.31. The minimum absolute atomic E-state index is 0.0175. The number of rotatable bonds is 8. The number of anilines is 1. The summed E-state index contributed by atoms with van der Waals surface area (Å²) in [5.74, 6) is 0.562. The van der Waals surface area contributed by atoms with Crippen LogP contribution in [-0.2, 0) is 0 Å². The maximum absolute atomic E-state index is 8.92. The number of fused-ring (bicyclic) bond motifs is 1. The van der Waals surface area contributed by atoms with Gasteiger partial charge in [-0.15, -0.1) is 11.3 Å². The van der Waals surface area contributed by atoms with E-state index in [-0.39, 0.29) is 6.04 Å². The number of nitrogens with zero attached hydrogens (tertiary/aromatic N) is 5. The Hall–Kier alpha value is -3.24. The van der Waals surface area contributed by atoms with Crippen LogP contribution in [0.4, 0.5) is 5.95 Å². The number of hydrogen-bond acceptors (Lipinski definition) is 6. The number of thiophene rings is 1. The van der Waals surface area contributed by atoms with Crippen LogP contribution in [0, 0.1) is 11.3 Å². The van der Waals surface area contributed by atoms with Crippen molar-refractivity contribution >= 4 is 27.5 Å². The van der Waals surface area contributed by atoms with Crippen LogP contribution in [-0.4, -0.2) is 26.3 Å². The highest BCUT2D eigenvalue weighted by molar-refractivity contribution is 7.17. The Morgan fingerprint density at radius 1 is 1.46 bits per heavy atom. The predicted octanol–water partition coefficient (Wildman–Crippen LogP) is 5.13. The Balaban J connectivity index is 1.92. The lowest BCUT2D eigenvalue weighted by Gasteiger charge is -2.08. The Morgan fingerprint density at radius 3 is 3.07 bits per heavy atom. The molecular formula is C21H22N6S. The first-order valence-corrected chi connectivity index (χ1v) is 9.89. The van der Waals surface area contributed by atoms with Gasteiger partial charge in [0, 0.05) is 18.3 Å². The fourth-order valence-electron chi connectivity index (χ4n) is 2.67. The van der Waals surface area contributed by atoms with Gasteiger partial charge in [0.2, 0.25) is 5.95 Å². The van der Waals surface area contributed by atoms with Crippen LogP contribution >= 0.6 is 11.3 Å². The lowest BCUT2D eigenvalue weighted by atomic mass is 10.2. The highest BCUT2D eigenvalue weighted by atomic mass is 32.1. The molecule has 1 unspecified atom stereocenters. The van der Waals surface area contributed by atoms with Gasteiger partial charge in [-0.2, -0.15) is 10.4 Å². The number of aromatic nitrogens is 4. The van der Waals surface area contributed by atoms with Crippen LogP contribution in [0.15, 0.2) is 60.3 Å². The van der Waals surface area contributed by atoms with E-state index in [4.69, 9.17) is 10.2 Å². The van der Waals surface area contributed by atoms with Gasteiger partial charge in [0.15, 0.2) is 0 Å². The van der Waals surface area contributed by atoms with Crippen molar-refractivity contribution < 1.29 is 0 Å². The predicted molar refractivity (Wildman–Crippen MR) is 115 cm³/mol. The third-order valence-corrected chi connectivity index (χ3v) is 5.14. The van der Waals surface area contributed by atoms with Crippen molar-refractivity contribution in [3.05, 3.63) is 60.3 Å². The molecule has 3 rings (SSSR count).